The Morgan fingerprint density at radius 1 is 1.50 bits per heavy atom. The number of carbonyl (C=O) groups is 1. The van der Waals surface area contributed by atoms with Crippen molar-refractivity contribution in [3.8, 4) is 0 Å². The Labute approximate surface area is 99.2 Å². The number of hydrogen-bond donors (Lipinski definition) is 2. The predicted octanol–water partition coefficient (Wildman–Crippen LogP) is 2.20. The van der Waals surface area contributed by atoms with Gasteiger partial charge in [-0.1, -0.05) is 33.1 Å². The second kappa shape index (κ2) is 6.89. The van der Waals surface area contributed by atoms with Crippen LogP contribution in [0.25, 0.3) is 0 Å². The van der Waals surface area contributed by atoms with Crippen LogP contribution in [0.2, 0.25) is 0 Å². The van der Waals surface area contributed by atoms with E-state index >= 15 is 0 Å². The first-order valence-corrected chi connectivity index (χ1v) is 6.66. The first kappa shape index (κ1) is 13.5. The van der Waals surface area contributed by atoms with Gasteiger partial charge in [-0.05, 0) is 25.2 Å². The highest BCUT2D eigenvalue weighted by Gasteiger charge is 2.20. The number of rotatable bonds is 5. The molecule has 1 fully saturated rings. The maximum absolute atomic E-state index is 11.7. The van der Waals surface area contributed by atoms with Gasteiger partial charge in [-0.3, -0.25) is 4.79 Å². The van der Waals surface area contributed by atoms with Crippen LogP contribution >= 0.6 is 0 Å². The van der Waals surface area contributed by atoms with Gasteiger partial charge in [-0.25, -0.2) is 0 Å². The summed E-state index contributed by atoms with van der Waals surface area (Å²) in [5.74, 6) is 0.892. The molecule has 3 N–H and O–H groups in total. The van der Waals surface area contributed by atoms with Gasteiger partial charge in [0, 0.05) is 18.5 Å². The van der Waals surface area contributed by atoms with E-state index in [9.17, 15) is 4.79 Å². The van der Waals surface area contributed by atoms with Gasteiger partial charge in [0.15, 0.2) is 0 Å². The van der Waals surface area contributed by atoms with Gasteiger partial charge >= 0.3 is 0 Å². The van der Waals surface area contributed by atoms with Crippen molar-refractivity contribution >= 4 is 5.91 Å². The van der Waals surface area contributed by atoms with Crippen LogP contribution < -0.4 is 11.1 Å². The molecule has 1 saturated carbocycles. The van der Waals surface area contributed by atoms with Crippen molar-refractivity contribution in [2.45, 2.75) is 70.9 Å². The summed E-state index contributed by atoms with van der Waals surface area (Å²) in [5.41, 5.74) is 5.86. The Morgan fingerprint density at radius 2 is 2.25 bits per heavy atom. The van der Waals surface area contributed by atoms with Crippen molar-refractivity contribution in [2.24, 2.45) is 11.7 Å². The quantitative estimate of drug-likeness (QED) is 0.755. The van der Waals surface area contributed by atoms with Crippen molar-refractivity contribution in [1.29, 1.82) is 0 Å². The monoisotopic (exact) mass is 226 g/mol. The number of amides is 1. The van der Waals surface area contributed by atoms with E-state index in [4.69, 9.17) is 5.73 Å². The van der Waals surface area contributed by atoms with E-state index in [0.29, 0.717) is 12.5 Å². The molecule has 3 unspecified atom stereocenters. The second-order valence-electron chi connectivity index (χ2n) is 5.29. The topological polar surface area (TPSA) is 55.1 Å². The minimum atomic E-state index is 0.0333. The average Bonchev–Trinajstić information content (AvgIpc) is 2.17. The van der Waals surface area contributed by atoms with Crippen molar-refractivity contribution in [2.75, 3.05) is 0 Å². The lowest BCUT2D eigenvalue weighted by molar-refractivity contribution is -0.122. The van der Waals surface area contributed by atoms with Gasteiger partial charge in [-0.15, -0.1) is 0 Å². The van der Waals surface area contributed by atoms with Crippen LogP contribution in [-0.4, -0.2) is 18.0 Å². The summed E-state index contributed by atoms with van der Waals surface area (Å²) < 4.78 is 0. The molecule has 0 aromatic heterocycles. The highest BCUT2D eigenvalue weighted by Crippen LogP contribution is 2.23. The summed E-state index contributed by atoms with van der Waals surface area (Å²) >= 11 is 0. The largest absolute Gasteiger partial charge is 0.353 e. The Kier molecular flexibility index (Phi) is 5.81. The molecule has 1 amide bonds. The van der Waals surface area contributed by atoms with Crippen LogP contribution in [0.3, 0.4) is 0 Å². The fourth-order valence-electron chi connectivity index (χ4n) is 2.56. The summed E-state index contributed by atoms with van der Waals surface area (Å²) in [7, 11) is 0. The highest BCUT2D eigenvalue weighted by molar-refractivity contribution is 5.76. The van der Waals surface area contributed by atoms with Crippen LogP contribution in [-0.2, 0) is 4.79 Å². The minimum Gasteiger partial charge on any atom is -0.353 e. The molecule has 1 aliphatic carbocycles. The van der Waals surface area contributed by atoms with Gasteiger partial charge in [0.2, 0.25) is 5.91 Å². The van der Waals surface area contributed by atoms with E-state index in [0.717, 1.165) is 31.6 Å². The molecule has 0 bridgehead atoms. The Hall–Kier alpha value is -0.570. The zero-order valence-corrected chi connectivity index (χ0v) is 10.7. The minimum absolute atomic E-state index is 0.0333. The Bertz CT molecular complexity index is 218. The Balaban J connectivity index is 2.22. The van der Waals surface area contributed by atoms with E-state index < -0.39 is 0 Å². The standard InChI is InChI=1S/C13H26N2O/c1-3-5-11(14)9-13(16)15-12-7-4-6-10(2)8-12/h10-12H,3-9,14H2,1-2H3,(H,15,16). The van der Waals surface area contributed by atoms with Crippen molar-refractivity contribution in [1.82, 2.24) is 5.32 Å². The molecule has 3 nitrogen and oxygen atoms in total. The lowest BCUT2D eigenvalue weighted by atomic mass is 9.87. The first-order chi connectivity index (χ1) is 7.61. The molecule has 0 aliphatic heterocycles. The van der Waals surface area contributed by atoms with E-state index in [1.807, 2.05) is 0 Å². The average molecular weight is 226 g/mol. The van der Waals surface area contributed by atoms with Crippen LogP contribution in [0, 0.1) is 5.92 Å². The predicted molar refractivity (Wildman–Crippen MR) is 67.1 cm³/mol. The third-order valence-corrected chi connectivity index (χ3v) is 3.41. The van der Waals surface area contributed by atoms with Crippen molar-refractivity contribution in [3.05, 3.63) is 0 Å². The number of carbonyl (C=O) groups excluding carboxylic acids is 1. The molecule has 94 valence electrons. The molecular weight excluding hydrogens is 200 g/mol. The van der Waals surface area contributed by atoms with Crippen LogP contribution in [0.5, 0.6) is 0 Å². The lowest BCUT2D eigenvalue weighted by Crippen LogP contribution is -2.40. The highest BCUT2D eigenvalue weighted by atomic mass is 16.1. The summed E-state index contributed by atoms with van der Waals surface area (Å²) in [5, 5.41) is 3.12. The summed E-state index contributed by atoms with van der Waals surface area (Å²) in [4.78, 5) is 11.7. The van der Waals surface area contributed by atoms with Crippen LogP contribution in [0.15, 0.2) is 0 Å². The molecule has 1 aliphatic rings. The fourth-order valence-corrected chi connectivity index (χ4v) is 2.56. The SMILES string of the molecule is CCCC(N)CC(=O)NC1CCCC(C)C1. The molecule has 3 atom stereocenters. The summed E-state index contributed by atoms with van der Waals surface area (Å²) in [6.45, 7) is 4.36. The smallest absolute Gasteiger partial charge is 0.221 e. The number of nitrogens with one attached hydrogen (secondary N) is 1. The van der Waals surface area contributed by atoms with Crippen molar-refractivity contribution in [3.63, 3.8) is 0 Å². The molecule has 0 radical (unpaired) electrons. The first-order valence-electron chi connectivity index (χ1n) is 6.66. The van der Waals surface area contributed by atoms with Gasteiger partial charge in [-0.2, -0.15) is 0 Å². The molecule has 0 spiro atoms. The van der Waals surface area contributed by atoms with Gasteiger partial charge in [0.25, 0.3) is 0 Å². The molecule has 0 aromatic rings. The summed E-state index contributed by atoms with van der Waals surface area (Å²) in [6.07, 6.45) is 7.30. The zero-order valence-electron chi connectivity index (χ0n) is 10.7. The maximum Gasteiger partial charge on any atom is 0.221 e. The number of hydrogen-bond acceptors (Lipinski definition) is 2. The van der Waals surface area contributed by atoms with Crippen LogP contribution in [0.4, 0.5) is 0 Å². The molecule has 0 saturated heterocycles. The molecular formula is C13H26N2O. The molecule has 1 rings (SSSR count). The fraction of sp³-hybridized carbons (Fsp3) is 0.923. The maximum atomic E-state index is 11.7. The van der Waals surface area contributed by atoms with Gasteiger partial charge < -0.3 is 11.1 Å². The van der Waals surface area contributed by atoms with Crippen molar-refractivity contribution < 1.29 is 4.79 Å². The lowest BCUT2D eigenvalue weighted by Gasteiger charge is -2.27. The third kappa shape index (κ3) is 4.97. The van der Waals surface area contributed by atoms with E-state index in [1.165, 1.54) is 12.8 Å². The molecule has 0 heterocycles. The molecule has 3 heteroatoms. The van der Waals surface area contributed by atoms with Gasteiger partial charge in [0.1, 0.15) is 0 Å². The van der Waals surface area contributed by atoms with Crippen LogP contribution in [0.1, 0.15) is 58.8 Å². The second-order valence-corrected chi connectivity index (χ2v) is 5.29. The normalized spacial score (nSPS) is 27.4. The number of nitrogens with two attached hydrogens (primary N) is 1. The zero-order chi connectivity index (χ0) is 12.0. The molecule has 0 aromatic carbocycles. The van der Waals surface area contributed by atoms with E-state index in [-0.39, 0.29) is 11.9 Å². The third-order valence-electron chi connectivity index (χ3n) is 3.41. The Morgan fingerprint density at radius 3 is 2.88 bits per heavy atom. The van der Waals surface area contributed by atoms with E-state index in [1.54, 1.807) is 0 Å². The van der Waals surface area contributed by atoms with E-state index in [2.05, 4.69) is 19.2 Å². The van der Waals surface area contributed by atoms with Gasteiger partial charge in [0.05, 0.1) is 0 Å². The summed E-state index contributed by atoms with van der Waals surface area (Å²) in [6, 6.07) is 0.427. The molecule has 16 heavy (non-hydrogen) atoms.